The van der Waals surface area contributed by atoms with Crippen molar-refractivity contribution in [3.8, 4) is 11.4 Å². The van der Waals surface area contributed by atoms with Crippen molar-refractivity contribution in [1.29, 1.82) is 0 Å². The first-order valence-corrected chi connectivity index (χ1v) is 11.7. The molecule has 1 aromatic heterocycles. The molecule has 0 atom stereocenters. The van der Waals surface area contributed by atoms with E-state index < -0.39 is 5.60 Å². The molecule has 0 saturated carbocycles. The zero-order chi connectivity index (χ0) is 24.2. The van der Waals surface area contributed by atoms with Crippen molar-refractivity contribution < 1.29 is 9.53 Å². The molecule has 0 unspecified atom stereocenters. The number of carbonyl (C=O) groups excluding carboxylic acids is 1. The quantitative estimate of drug-likeness (QED) is 0.351. The Labute approximate surface area is 208 Å². The predicted molar refractivity (Wildman–Crippen MR) is 132 cm³/mol. The number of rotatable bonds is 10. The Balaban J connectivity index is 1.78. The van der Waals surface area contributed by atoms with Crippen LogP contribution in [-0.2, 0) is 29.0 Å². The number of aromatic nitrogens is 3. The van der Waals surface area contributed by atoms with Gasteiger partial charge in [-0.3, -0.25) is 9.36 Å². The molecule has 0 aliphatic carbocycles. The minimum absolute atomic E-state index is 0.0893. The van der Waals surface area contributed by atoms with Gasteiger partial charge >= 0.3 is 5.69 Å². The van der Waals surface area contributed by atoms with Crippen LogP contribution in [0.25, 0.3) is 11.4 Å². The molecule has 0 amide bonds. The van der Waals surface area contributed by atoms with Crippen LogP contribution in [0.3, 0.4) is 0 Å². The van der Waals surface area contributed by atoms with Gasteiger partial charge in [0, 0.05) is 24.1 Å². The number of aryl methyl sites for hydroxylation is 1. The minimum atomic E-state index is -0.598. The van der Waals surface area contributed by atoms with Crippen LogP contribution in [0, 0.1) is 0 Å². The lowest BCUT2D eigenvalue weighted by molar-refractivity contribution is -0.119. The normalized spacial score (nSPS) is 11.7. The topological polar surface area (TPSA) is 66.1 Å². The van der Waals surface area contributed by atoms with Gasteiger partial charge in [-0.05, 0) is 62.6 Å². The Kier molecular flexibility index (Phi) is 8.40. The Hall–Kier alpha value is -2.12. The van der Waals surface area contributed by atoms with E-state index in [2.05, 4.69) is 5.10 Å². The molecule has 0 aliphatic heterocycles. The second-order valence-corrected chi connectivity index (χ2v) is 9.65. The van der Waals surface area contributed by atoms with Crippen LogP contribution in [0.2, 0.25) is 15.1 Å². The number of ether oxygens (including phenoxy) is 1. The Bertz CT molecular complexity index is 1180. The Morgan fingerprint density at radius 3 is 2.45 bits per heavy atom. The van der Waals surface area contributed by atoms with Gasteiger partial charge in [-0.2, -0.15) is 0 Å². The molecular formula is C24H26Cl3N3O3. The molecule has 0 saturated heterocycles. The molecule has 0 bridgehead atoms. The molecule has 33 heavy (non-hydrogen) atoms. The fraction of sp³-hybridized carbons (Fsp3) is 0.375. The van der Waals surface area contributed by atoms with Gasteiger partial charge in [-0.15, -0.1) is 5.10 Å². The van der Waals surface area contributed by atoms with Gasteiger partial charge in [0.05, 0.1) is 22.2 Å². The van der Waals surface area contributed by atoms with Gasteiger partial charge in [0.25, 0.3) is 0 Å². The van der Waals surface area contributed by atoms with E-state index in [1.54, 1.807) is 37.4 Å². The summed E-state index contributed by atoms with van der Waals surface area (Å²) in [7, 11) is 1.59. The number of benzene rings is 2. The standard InChI is InChI=1S/C24H26Cl3N3O3/c1-24(2,33-3)15-29-22(17-10-12-18(25)13-11-17)28-30(23(29)32)14-19(31)8-4-6-16-7-5-9-20(26)21(16)27/h5,7,9-13H,4,6,8,14-15H2,1-3H3. The molecule has 0 N–H and O–H groups in total. The summed E-state index contributed by atoms with van der Waals surface area (Å²) >= 11 is 18.3. The number of methoxy groups -OCH3 is 1. The van der Waals surface area contributed by atoms with Crippen molar-refractivity contribution >= 4 is 40.6 Å². The Morgan fingerprint density at radius 1 is 1.09 bits per heavy atom. The number of Topliss-reactive ketones (excluding diaryl/α,β-unsaturated/α-hetero) is 1. The highest BCUT2D eigenvalue weighted by Crippen LogP contribution is 2.26. The third-order valence-electron chi connectivity index (χ3n) is 5.38. The van der Waals surface area contributed by atoms with Gasteiger partial charge in [0.15, 0.2) is 11.6 Å². The zero-order valence-electron chi connectivity index (χ0n) is 18.8. The number of halogens is 3. The van der Waals surface area contributed by atoms with Crippen LogP contribution in [0.4, 0.5) is 0 Å². The maximum atomic E-state index is 13.1. The smallest absolute Gasteiger partial charge is 0.346 e. The van der Waals surface area contributed by atoms with Crippen LogP contribution >= 0.6 is 34.8 Å². The van der Waals surface area contributed by atoms with E-state index in [1.165, 1.54) is 9.25 Å². The summed E-state index contributed by atoms with van der Waals surface area (Å²) in [5, 5.41) is 6.05. The lowest BCUT2D eigenvalue weighted by Crippen LogP contribution is -2.36. The van der Waals surface area contributed by atoms with Gasteiger partial charge in [0.2, 0.25) is 0 Å². The number of hydrogen-bond acceptors (Lipinski definition) is 4. The first-order valence-electron chi connectivity index (χ1n) is 10.5. The average Bonchev–Trinajstić information content (AvgIpc) is 3.06. The van der Waals surface area contributed by atoms with Crippen molar-refractivity contribution in [1.82, 2.24) is 14.3 Å². The molecule has 0 fully saturated rings. The molecule has 9 heteroatoms. The predicted octanol–water partition coefficient (Wildman–Crippen LogP) is 5.69. The monoisotopic (exact) mass is 509 g/mol. The largest absolute Gasteiger partial charge is 0.377 e. The Morgan fingerprint density at radius 2 is 1.79 bits per heavy atom. The first-order chi connectivity index (χ1) is 15.6. The zero-order valence-corrected chi connectivity index (χ0v) is 21.0. The molecule has 6 nitrogen and oxygen atoms in total. The SMILES string of the molecule is COC(C)(C)Cn1c(-c2ccc(Cl)cc2)nn(CC(=O)CCCc2cccc(Cl)c2Cl)c1=O. The average molecular weight is 511 g/mol. The maximum Gasteiger partial charge on any atom is 0.346 e. The number of nitrogens with zero attached hydrogens (tertiary/aromatic N) is 3. The maximum absolute atomic E-state index is 13.1. The van der Waals surface area contributed by atoms with Crippen molar-refractivity contribution in [3.63, 3.8) is 0 Å². The summed E-state index contributed by atoms with van der Waals surface area (Å²) in [5.74, 6) is 0.369. The number of carbonyl (C=O) groups is 1. The van der Waals surface area contributed by atoms with Crippen molar-refractivity contribution in [2.24, 2.45) is 0 Å². The van der Waals surface area contributed by atoms with Crippen LogP contribution in [0.5, 0.6) is 0 Å². The van der Waals surface area contributed by atoms with Crippen LogP contribution in [0.15, 0.2) is 47.3 Å². The molecule has 3 aromatic rings. The number of ketones is 1. The first kappa shape index (κ1) is 25.5. The fourth-order valence-corrected chi connectivity index (χ4v) is 3.95. The van der Waals surface area contributed by atoms with Crippen LogP contribution in [0.1, 0.15) is 32.3 Å². The van der Waals surface area contributed by atoms with E-state index in [0.29, 0.717) is 40.2 Å². The summed E-state index contributed by atoms with van der Waals surface area (Å²) in [6.07, 6.45) is 1.50. The van der Waals surface area contributed by atoms with Gasteiger partial charge in [-0.1, -0.05) is 46.9 Å². The van der Waals surface area contributed by atoms with Crippen molar-refractivity contribution in [3.05, 3.63) is 73.6 Å². The summed E-state index contributed by atoms with van der Waals surface area (Å²) in [6.45, 7) is 3.94. The minimum Gasteiger partial charge on any atom is -0.377 e. The number of hydrogen-bond donors (Lipinski definition) is 0. The third kappa shape index (κ3) is 6.48. The summed E-state index contributed by atoms with van der Waals surface area (Å²) in [6, 6.07) is 12.5. The van der Waals surface area contributed by atoms with Crippen molar-refractivity contribution in [2.75, 3.05) is 7.11 Å². The van der Waals surface area contributed by atoms with Crippen LogP contribution < -0.4 is 5.69 Å². The molecular weight excluding hydrogens is 485 g/mol. The van der Waals surface area contributed by atoms with E-state index in [0.717, 1.165) is 11.1 Å². The van der Waals surface area contributed by atoms with E-state index >= 15 is 0 Å². The van der Waals surface area contributed by atoms with E-state index in [4.69, 9.17) is 39.5 Å². The fourth-order valence-electron chi connectivity index (χ4n) is 3.41. The van der Waals surface area contributed by atoms with E-state index in [1.807, 2.05) is 26.0 Å². The van der Waals surface area contributed by atoms with E-state index in [-0.39, 0.29) is 24.6 Å². The highest BCUT2D eigenvalue weighted by atomic mass is 35.5. The highest BCUT2D eigenvalue weighted by Gasteiger charge is 2.24. The molecule has 0 spiro atoms. The second kappa shape index (κ2) is 10.9. The summed E-state index contributed by atoms with van der Waals surface area (Å²) in [4.78, 5) is 25.8. The molecule has 0 aliphatic rings. The van der Waals surface area contributed by atoms with Gasteiger partial charge in [0.1, 0.15) is 6.54 Å². The second-order valence-electron chi connectivity index (χ2n) is 8.43. The van der Waals surface area contributed by atoms with E-state index in [9.17, 15) is 9.59 Å². The van der Waals surface area contributed by atoms with Gasteiger partial charge in [-0.25, -0.2) is 9.48 Å². The molecule has 2 aromatic carbocycles. The lowest BCUT2D eigenvalue weighted by atomic mass is 10.1. The molecule has 1 heterocycles. The molecule has 3 rings (SSSR count). The van der Waals surface area contributed by atoms with Gasteiger partial charge < -0.3 is 4.74 Å². The third-order valence-corrected chi connectivity index (χ3v) is 6.49. The lowest BCUT2D eigenvalue weighted by Gasteiger charge is -2.23. The molecule has 0 radical (unpaired) electrons. The summed E-state index contributed by atoms with van der Waals surface area (Å²) in [5.41, 5.74) is 0.658. The summed E-state index contributed by atoms with van der Waals surface area (Å²) < 4.78 is 8.25. The van der Waals surface area contributed by atoms with Crippen molar-refractivity contribution in [2.45, 2.75) is 51.8 Å². The van der Waals surface area contributed by atoms with Crippen LogP contribution in [-0.4, -0.2) is 32.8 Å². The molecule has 176 valence electrons. The highest BCUT2D eigenvalue weighted by molar-refractivity contribution is 6.42.